The molecular weight excluding hydrogens is 190 g/mol. The summed E-state index contributed by atoms with van der Waals surface area (Å²) in [6.45, 7) is 0.529. The zero-order valence-electron chi connectivity index (χ0n) is 8.88. The molecule has 0 saturated heterocycles. The van der Waals surface area contributed by atoms with Gasteiger partial charge in [-0.05, 0) is 32.2 Å². The van der Waals surface area contributed by atoms with Crippen LogP contribution in [0.4, 0.5) is 0 Å². The lowest BCUT2D eigenvalue weighted by Gasteiger charge is -2.06. The van der Waals surface area contributed by atoms with Crippen molar-refractivity contribution < 1.29 is 0 Å². The van der Waals surface area contributed by atoms with E-state index in [9.17, 15) is 4.79 Å². The van der Waals surface area contributed by atoms with Crippen molar-refractivity contribution in [3.8, 4) is 0 Å². The molecule has 0 fully saturated rings. The maximum Gasteiger partial charge on any atom is 0.254 e. The van der Waals surface area contributed by atoms with Crippen LogP contribution in [0.1, 0.15) is 36.3 Å². The highest BCUT2D eigenvalue weighted by Gasteiger charge is 2.13. The number of hydrogen-bond donors (Lipinski definition) is 2. The Morgan fingerprint density at radius 2 is 2.07 bits per heavy atom. The molecule has 0 aromatic carbocycles. The average Bonchev–Trinajstić information content (AvgIpc) is 2.43. The lowest BCUT2D eigenvalue weighted by atomic mass is 10.1. The van der Waals surface area contributed by atoms with Crippen molar-refractivity contribution in [2.75, 3.05) is 6.54 Å². The Morgan fingerprint density at radius 1 is 1.27 bits per heavy atom. The predicted molar refractivity (Wildman–Crippen MR) is 58.9 cm³/mol. The first kappa shape index (κ1) is 10.4. The number of aromatic amines is 1. The SMILES string of the molecule is NCCc1nc2c(c(=O)[nH]1)CCCCC2. The fourth-order valence-electron chi connectivity index (χ4n) is 2.09. The molecule has 0 aliphatic heterocycles. The number of nitrogens with two attached hydrogens (primary N) is 1. The fraction of sp³-hybridized carbons (Fsp3) is 0.636. The van der Waals surface area contributed by atoms with Gasteiger partial charge in [-0.3, -0.25) is 4.79 Å². The van der Waals surface area contributed by atoms with Crippen molar-refractivity contribution in [3.63, 3.8) is 0 Å². The molecule has 1 aliphatic carbocycles. The molecule has 1 heterocycles. The van der Waals surface area contributed by atoms with Crippen LogP contribution in [0.2, 0.25) is 0 Å². The van der Waals surface area contributed by atoms with E-state index in [0.717, 1.165) is 42.8 Å². The summed E-state index contributed by atoms with van der Waals surface area (Å²) >= 11 is 0. The molecule has 0 spiro atoms. The van der Waals surface area contributed by atoms with Crippen molar-refractivity contribution in [3.05, 3.63) is 27.4 Å². The summed E-state index contributed by atoms with van der Waals surface area (Å²) in [5.74, 6) is 0.739. The average molecular weight is 207 g/mol. The van der Waals surface area contributed by atoms with E-state index in [1.54, 1.807) is 0 Å². The summed E-state index contributed by atoms with van der Waals surface area (Å²) in [6, 6.07) is 0. The van der Waals surface area contributed by atoms with Crippen molar-refractivity contribution >= 4 is 0 Å². The van der Waals surface area contributed by atoms with Crippen molar-refractivity contribution in [1.29, 1.82) is 0 Å². The molecule has 2 rings (SSSR count). The monoisotopic (exact) mass is 207 g/mol. The molecule has 1 aliphatic rings. The maximum atomic E-state index is 11.8. The van der Waals surface area contributed by atoms with Crippen LogP contribution in [0.25, 0.3) is 0 Å². The lowest BCUT2D eigenvalue weighted by molar-refractivity contribution is 0.707. The first-order valence-corrected chi connectivity index (χ1v) is 5.62. The van der Waals surface area contributed by atoms with Gasteiger partial charge in [0.05, 0.1) is 5.69 Å². The minimum Gasteiger partial charge on any atom is -0.330 e. The van der Waals surface area contributed by atoms with Gasteiger partial charge in [0.1, 0.15) is 5.82 Å². The molecule has 4 heteroatoms. The number of nitrogens with one attached hydrogen (secondary N) is 1. The fourth-order valence-corrected chi connectivity index (χ4v) is 2.09. The highest BCUT2D eigenvalue weighted by atomic mass is 16.1. The van der Waals surface area contributed by atoms with Crippen LogP contribution in [0.15, 0.2) is 4.79 Å². The Hall–Kier alpha value is -1.16. The van der Waals surface area contributed by atoms with Gasteiger partial charge in [-0.1, -0.05) is 6.42 Å². The van der Waals surface area contributed by atoms with Crippen LogP contribution in [-0.4, -0.2) is 16.5 Å². The van der Waals surface area contributed by atoms with Crippen molar-refractivity contribution in [2.45, 2.75) is 38.5 Å². The zero-order chi connectivity index (χ0) is 10.7. The zero-order valence-corrected chi connectivity index (χ0v) is 8.88. The molecule has 0 amide bonds. The van der Waals surface area contributed by atoms with Gasteiger partial charge in [0.15, 0.2) is 0 Å². The van der Waals surface area contributed by atoms with E-state index in [0.29, 0.717) is 13.0 Å². The van der Waals surface area contributed by atoms with Crippen LogP contribution in [0.5, 0.6) is 0 Å². The van der Waals surface area contributed by atoms with E-state index in [-0.39, 0.29) is 5.56 Å². The first-order chi connectivity index (χ1) is 7.31. The Morgan fingerprint density at radius 3 is 2.87 bits per heavy atom. The van der Waals surface area contributed by atoms with E-state index in [4.69, 9.17) is 5.73 Å². The van der Waals surface area contributed by atoms with Gasteiger partial charge in [-0.2, -0.15) is 0 Å². The quantitative estimate of drug-likeness (QED) is 0.695. The Labute approximate surface area is 88.9 Å². The topological polar surface area (TPSA) is 71.8 Å². The van der Waals surface area contributed by atoms with Crippen LogP contribution >= 0.6 is 0 Å². The first-order valence-electron chi connectivity index (χ1n) is 5.62. The van der Waals surface area contributed by atoms with Crippen molar-refractivity contribution in [2.24, 2.45) is 5.73 Å². The molecule has 4 nitrogen and oxygen atoms in total. The van der Waals surface area contributed by atoms with Gasteiger partial charge >= 0.3 is 0 Å². The van der Waals surface area contributed by atoms with Gasteiger partial charge in [0.2, 0.25) is 0 Å². The highest BCUT2D eigenvalue weighted by molar-refractivity contribution is 5.19. The van der Waals surface area contributed by atoms with E-state index in [2.05, 4.69) is 9.97 Å². The van der Waals surface area contributed by atoms with Crippen molar-refractivity contribution in [1.82, 2.24) is 9.97 Å². The Kier molecular flexibility index (Phi) is 3.16. The van der Waals surface area contributed by atoms with Crippen LogP contribution in [0.3, 0.4) is 0 Å². The number of fused-ring (bicyclic) bond motifs is 1. The number of H-pyrrole nitrogens is 1. The summed E-state index contributed by atoms with van der Waals surface area (Å²) in [4.78, 5) is 19.1. The molecule has 0 radical (unpaired) electrons. The molecular formula is C11H17N3O. The highest BCUT2D eigenvalue weighted by Crippen LogP contribution is 2.15. The van der Waals surface area contributed by atoms with Gasteiger partial charge in [-0.15, -0.1) is 0 Å². The molecule has 0 saturated carbocycles. The largest absolute Gasteiger partial charge is 0.330 e. The molecule has 0 bridgehead atoms. The summed E-state index contributed by atoms with van der Waals surface area (Å²) in [7, 11) is 0. The van der Waals surface area contributed by atoms with Gasteiger partial charge in [0.25, 0.3) is 5.56 Å². The van der Waals surface area contributed by atoms with E-state index >= 15 is 0 Å². The number of rotatable bonds is 2. The second-order valence-electron chi connectivity index (χ2n) is 4.04. The minimum atomic E-state index is 0.0466. The van der Waals surface area contributed by atoms with Crippen LogP contribution < -0.4 is 11.3 Å². The Bertz CT molecular complexity index is 397. The third-order valence-electron chi connectivity index (χ3n) is 2.87. The van der Waals surface area contributed by atoms with E-state index < -0.39 is 0 Å². The maximum absolute atomic E-state index is 11.8. The second-order valence-corrected chi connectivity index (χ2v) is 4.04. The molecule has 1 aromatic heterocycles. The summed E-state index contributed by atoms with van der Waals surface area (Å²) < 4.78 is 0. The molecule has 15 heavy (non-hydrogen) atoms. The van der Waals surface area contributed by atoms with Crippen LogP contribution in [-0.2, 0) is 19.3 Å². The third-order valence-corrected chi connectivity index (χ3v) is 2.87. The third kappa shape index (κ3) is 2.26. The van der Waals surface area contributed by atoms with Crippen LogP contribution in [0, 0.1) is 0 Å². The predicted octanol–water partition coefficient (Wildman–Crippen LogP) is 0.540. The molecule has 0 unspecified atom stereocenters. The molecule has 1 aromatic rings. The lowest BCUT2D eigenvalue weighted by Crippen LogP contribution is -2.21. The normalized spacial score (nSPS) is 15.8. The number of aryl methyl sites for hydroxylation is 1. The van der Waals surface area contributed by atoms with Gasteiger partial charge in [-0.25, -0.2) is 4.98 Å². The second kappa shape index (κ2) is 4.57. The minimum absolute atomic E-state index is 0.0466. The smallest absolute Gasteiger partial charge is 0.254 e. The molecule has 3 N–H and O–H groups in total. The van der Waals surface area contributed by atoms with E-state index in [1.807, 2.05) is 0 Å². The Balaban J connectivity index is 2.39. The standard InChI is InChI=1S/C11H17N3O/c12-7-6-10-13-9-5-3-1-2-4-8(9)11(15)14-10/h1-7,12H2,(H,13,14,15). The van der Waals surface area contributed by atoms with Gasteiger partial charge < -0.3 is 10.7 Å². The summed E-state index contributed by atoms with van der Waals surface area (Å²) in [5, 5.41) is 0. The summed E-state index contributed by atoms with van der Waals surface area (Å²) in [6.07, 6.45) is 5.92. The molecule has 82 valence electrons. The summed E-state index contributed by atoms with van der Waals surface area (Å²) in [5.41, 5.74) is 7.40. The number of hydrogen-bond acceptors (Lipinski definition) is 3. The van der Waals surface area contributed by atoms with E-state index in [1.165, 1.54) is 6.42 Å². The number of nitrogens with zero attached hydrogens (tertiary/aromatic N) is 1. The number of aromatic nitrogens is 2. The van der Waals surface area contributed by atoms with Gasteiger partial charge in [0, 0.05) is 12.0 Å². The molecule has 0 atom stereocenters.